The minimum atomic E-state index is -0.442. The number of rotatable bonds is 5. The summed E-state index contributed by atoms with van der Waals surface area (Å²) in [5.74, 6) is 0.203. The van der Waals surface area contributed by atoms with Crippen molar-refractivity contribution in [3.8, 4) is 17.1 Å². The zero-order valence-corrected chi connectivity index (χ0v) is 16.5. The van der Waals surface area contributed by atoms with Gasteiger partial charge in [-0.2, -0.15) is 0 Å². The molecule has 0 bridgehead atoms. The van der Waals surface area contributed by atoms with E-state index in [0.29, 0.717) is 47.0 Å². The molecule has 6 nitrogen and oxygen atoms in total. The van der Waals surface area contributed by atoms with Crippen LogP contribution in [0.25, 0.3) is 16.9 Å². The number of halogens is 1. The van der Waals surface area contributed by atoms with E-state index in [2.05, 4.69) is 4.98 Å². The molecule has 2 aromatic carbocycles. The van der Waals surface area contributed by atoms with Gasteiger partial charge in [-0.3, -0.25) is 4.40 Å². The van der Waals surface area contributed by atoms with E-state index < -0.39 is 5.82 Å². The standard InChI is InChI=1S/C24H19FN4O2/c25-19-9-8-16(26)12-18(19)22-14-29-23(20(27-22)11-15-5-2-1-3-6-15)28-21(24(29)30)13-17-7-4-10-31-17/h1-10,12,14,30H,11,13,26H2. The summed E-state index contributed by atoms with van der Waals surface area (Å²) >= 11 is 0. The van der Waals surface area contributed by atoms with Crippen LogP contribution in [0.5, 0.6) is 5.88 Å². The van der Waals surface area contributed by atoms with Gasteiger partial charge in [0, 0.05) is 23.9 Å². The van der Waals surface area contributed by atoms with Gasteiger partial charge in [-0.15, -0.1) is 0 Å². The summed E-state index contributed by atoms with van der Waals surface area (Å²) < 4.78 is 21.5. The van der Waals surface area contributed by atoms with E-state index in [1.165, 1.54) is 18.2 Å². The first kappa shape index (κ1) is 18.9. The van der Waals surface area contributed by atoms with Crippen molar-refractivity contribution in [1.82, 2.24) is 14.4 Å². The zero-order chi connectivity index (χ0) is 21.4. The number of benzene rings is 2. The van der Waals surface area contributed by atoms with Crippen LogP contribution in [0, 0.1) is 5.82 Å². The van der Waals surface area contributed by atoms with Crippen molar-refractivity contribution >= 4 is 11.3 Å². The summed E-state index contributed by atoms with van der Waals surface area (Å²) in [7, 11) is 0. The quantitative estimate of drug-likeness (QED) is 0.410. The van der Waals surface area contributed by atoms with E-state index in [9.17, 15) is 9.50 Å². The monoisotopic (exact) mass is 414 g/mol. The first-order valence-electron chi connectivity index (χ1n) is 9.80. The molecule has 0 aliphatic carbocycles. The number of hydrogen-bond donors (Lipinski definition) is 2. The first-order valence-corrected chi connectivity index (χ1v) is 9.80. The van der Waals surface area contributed by atoms with E-state index in [1.54, 1.807) is 22.9 Å². The average molecular weight is 414 g/mol. The molecule has 3 N–H and O–H groups in total. The summed E-state index contributed by atoms with van der Waals surface area (Å²) in [6.45, 7) is 0. The Kier molecular flexibility index (Phi) is 4.63. The minimum absolute atomic E-state index is 0.0336. The molecule has 0 atom stereocenters. The second-order valence-corrected chi connectivity index (χ2v) is 7.31. The van der Waals surface area contributed by atoms with Crippen molar-refractivity contribution in [2.75, 3.05) is 5.73 Å². The van der Waals surface area contributed by atoms with Crippen molar-refractivity contribution in [3.05, 3.63) is 102 Å². The molecule has 154 valence electrons. The molecule has 0 spiro atoms. The second-order valence-electron chi connectivity index (χ2n) is 7.31. The van der Waals surface area contributed by atoms with Gasteiger partial charge in [0.1, 0.15) is 17.3 Å². The van der Waals surface area contributed by atoms with Gasteiger partial charge in [0.2, 0.25) is 5.88 Å². The third kappa shape index (κ3) is 3.61. The van der Waals surface area contributed by atoms with Crippen LogP contribution < -0.4 is 5.73 Å². The number of nitrogens with zero attached hydrogens (tertiary/aromatic N) is 3. The van der Waals surface area contributed by atoms with Crippen LogP contribution in [-0.4, -0.2) is 19.5 Å². The molecular weight excluding hydrogens is 395 g/mol. The Hall–Kier alpha value is -4.13. The van der Waals surface area contributed by atoms with Crippen LogP contribution in [0.4, 0.5) is 10.1 Å². The number of aromatic hydroxyl groups is 1. The molecule has 0 fully saturated rings. The molecule has 0 saturated carbocycles. The zero-order valence-electron chi connectivity index (χ0n) is 16.5. The van der Waals surface area contributed by atoms with Gasteiger partial charge in [-0.05, 0) is 35.9 Å². The Labute approximate surface area is 177 Å². The van der Waals surface area contributed by atoms with Crippen LogP contribution in [0.1, 0.15) is 22.7 Å². The lowest BCUT2D eigenvalue weighted by Gasteiger charge is -2.10. The van der Waals surface area contributed by atoms with Gasteiger partial charge in [0.05, 0.1) is 24.1 Å². The van der Waals surface area contributed by atoms with Crippen molar-refractivity contribution in [2.45, 2.75) is 12.8 Å². The van der Waals surface area contributed by atoms with E-state index in [4.69, 9.17) is 15.1 Å². The number of anilines is 1. The smallest absolute Gasteiger partial charge is 0.219 e. The Balaban J connectivity index is 1.70. The number of aromatic nitrogens is 3. The maximum Gasteiger partial charge on any atom is 0.219 e. The summed E-state index contributed by atoms with van der Waals surface area (Å²) in [4.78, 5) is 9.34. The molecular formula is C24H19FN4O2. The van der Waals surface area contributed by atoms with Crippen LogP contribution in [-0.2, 0) is 12.8 Å². The van der Waals surface area contributed by atoms with Gasteiger partial charge in [-0.1, -0.05) is 30.3 Å². The fourth-order valence-electron chi connectivity index (χ4n) is 3.62. The third-order valence-electron chi connectivity index (χ3n) is 5.12. The number of nitrogen functional groups attached to an aromatic ring is 1. The number of fused-ring (bicyclic) bond motifs is 1. The first-order chi connectivity index (χ1) is 15.1. The average Bonchev–Trinajstić information content (AvgIpc) is 3.40. The molecule has 3 heterocycles. The van der Waals surface area contributed by atoms with Gasteiger partial charge in [0.15, 0.2) is 5.65 Å². The largest absolute Gasteiger partial charge is 0.493 e. The predicted molar refractivity (Wildman–Crippen MR) is 115 cm³/mol. The summed E-state index contributed by atoms with van der Waals surface area (Å²) in [6.07, 6.45) is 3.95. The van der Waals surface area contributed by atoms with Gasteiger partial charge < -0.3 is 15.3 Å². The lowest BCUT2D eigenvalue weighted by atomic mass is 10.1. The molecule has 0 unspecified atom stereocenters. The van der Waals surface area contributed by atoms with Gasteiger partial charge in [-0.25, -0.2) is 14.4 Å². The number of furan rings is 1. The van der Waals surface area contributed by atoms with Gasteiger partial charge in [0.25, 0.3) is 0 Å². The molecule has 3 aromatic heterocycles. The van der Waals surface area contributed by atoms with Crippen LogP contribution in [0.3, 0.4) is 0 Å². The normalized spacial score (nSPS) is 11.3. The molecule has 31 heavy (non-hydrogen) atoms. The highest BCUT2D eigenvalue weighted by Crippen LogP contribution is 2.30. The maximum absolute atomic E-state index is 14.6. The molecule has 0 radical (unpaired) electrons. The Bertz CT molecular complexity index is 1360. The summed E-state index contributed by atoms with van der Waals surface area (Å²) in [5.41, 5.74) is 9.53. The van der Waals surface area contributed by atoms with E-state index in [-0.39, 0.29) is 11.4 Å². The Morgan fingerprint density at radius 3 is 2.58 bits per heavy atom. The van der Waals surface area contributed by atoms with E-state index in [1.807, 2.05) is 36.4 Å². The molecule has 0 saturated heterocycles. The van der Waals surface area contributed by atoms with Crippen molar-refractivity contribution < 1.29 is 13.9 Å². The summed E-state index contributed by atoms with van der Waals surface area (Å²) in [6, 6.07) is 17.7. The van der Waals surface area contributed by atoms with Crippen molar-refractivity contribution in [2.24, 2.45) is 0 Å². The fourth-order valence-corrected chi connectivity index (χ4v) is 3.62. The van der Waals surface area contributed by atoms with Crippen LogP contribution >= 0.6 is 0 Å². The molecule has 7 heteroatoms. The van der Waals surface area contributed by atoms with Crippen LogP contribution in [0.2, 0.25) is 0 Å². The third-order valence-corrected chi connectivity index (χ3v) is 5.12. The lowest BCUT2D eigenvalue weighted by Crippen LogP contribution is -2.02. The molecule has 5 aromatic rings. The number of nitrogens with two attached hydrogens (primary N) is 1. The minimum Gasteiger partial charge on any atom is -0.493 e. The van der Waals surface area contributed by atoms with E-state index in [0.717, 1.165) is 5.56 Å². The second kappa shape index (κ2) is 7.60. The molecule has 5 rings (SSSR count). The summed E-state index contributed by atoms with van der Waals surface area (Å²) in [5, 5.41) is 10.9. The molecule has 0 amide bonds. The maximum atomic E-state index is 14.6. The number of hydrogen-bond acceptors (Lipinski definition) is 5. The Morgan fingerprint density at radius 2 is 1.81 bits per heavy atom. The van der Waals surface area contributed by atoms with Gasteiger partial charge >= 0.3 is 0 Å². The molecule has 0 aliphatic rings. The predicted octanol–water partition coefficient (Wildman–Crippen LogP) is 4.60. The highest BCUT2D eigenvalue weighted by Gasteiger charge is 2.19. The highest BCUT2D eigenvalue weighted by atomic mass is 19.1. The topological polar surface area (TPSA) is 89.6 Å². The molecule has 0 aliphatic heterocycles. The fraction of sp³-hybridized carbons (Fsp3) is 0.0833. The SMILES string of the molecule is Nc1ccc(F)c(-c2cn3c(O)c(Cc4ccco4)nc3c(Cc3ccccc3)n2)c1. The van der Waals surface area contributed by atoms with Crippen molar-refractivity contribution in [3.63, 3.8) is 0 Å². The lowest BCUT2D eigenvalue weighted by molar-refractivity contribution is 0.438. The van der Waals surface area contributed by atoms with Crippen LogP contribution in [0.15, 0.2) is 77.5 Å². The highest BCUT2D eigenvalue weighted by molar-refractivity contribution is 5.67. The Morgan fingerprint density at radius 1 is 0.968 bits per heavy atom. The van der Waals surface area contributed by atoms with E-state index >= 15 is 0 Å². The van der Waals surface area contributed by atoms with Crippen molar-refractivity contribution in [1.29, 1.82) is 0 Å². The number of imidazole rings is 1.